The fourth-order valence-corrected chi connectivity index (χ4v) is 2.82. The molecule has 4 aromatic rings. The van der Waals surface area contributed by atoms with Gasteiger partial charge >= 0.3 is 0 Å². The Labute approximate surface area is 166 Å². The third-order valence-corrected chi connectivity index (χ3v) is 4.16. The number of methoxy groups -OCH3 is 1. The van der Waals surface area contributed by atoms with Crippen LogP contribution in [0.15, 0.2) is 55.1 Å². The summed E-state index contributed by atoms with van der Waals surface area (Å²) in [5.41, 5.74) is 2.47. The maximum atomic E-state index is 11.9. The number of fused-ring (bicyclic) bond motifs is 1. The van der Waals surface area contributed by atoms with Crippen molar-refractivity contribution in [1.29, 1.82) is 0 Å². The van der Waals surface area contributed by atoms with Gasteiger partial charge < -0.3 is 15.4 Å². The van der Waals surface area contributed by atoms with Crippen LogP contribution in [0, 0.1) is 0 Å². The Hall–Kier alpha value is -3.79. The average Bonchev–Trinajstić information content (AvgIpc) is 3.38. The fraction of sp³-hybridized carbons (Fsp3) is 0.211. The molecular formula is C19H20N8O2. The van der Waals surface area contributed by atoms with Crippen LogP contribution in [0.3, 0.4) is 0 Å². The van der Waals surface area contributed by atoms with E-state index in [-0.39, 0.29) is 12.5 Å². The van der Waals surface area contributed by atoms with Crippen LogP contribution in [0.2, 0.25) is 0 Å². The number of amides is 1. The van der Waals surface area contributed by atoms with Crippen molar-refractivity contribution < 1.29 is 9.53 Å². The highest BCUT2D eigenvalue weighted by molar-refractivity contribution is 5.75. The number of aromatic nitrogens is 6. The van der Waals surface area contributed by atoms with Gasteiger partial charge in [0.05, 0.1) is 24.2 Å². The van der Waals surface area contributed by atoms with Gasteiger partial charge in [0.15, 0.2) is 0 Å². The number of benzene rings is 1. The summed E-state index contributed by atoms with van der Waals surface area (Å²) in [6.45, 7) is 1.05. The van der Waals surface area contributed by atoms with Crippen LogP contribution in [0.4, 0.5) is 11.5 Å². The maximum Gasteiger partial charge on any atom is 0.254 e. The molecule has 10 nitrogen and oxygen atoms in total. The standard InChI is InChI=1S/C19H20N8O2/c1-29-8-7-20-18(28)12-26-11-15(10-22-26)24-17-9-16(14-5-3-2-4-6-14)25-19-21-13-23-27(17)19/h2-6,9-11,13,24H,7-8,12H2,1H3,(H,20,28). The topological polar surface area (TPSA) is 111 Å². The van der Waals surface area contributed by atoms with Crippen molar-refractivity contribution in [2.24, 2.45) is 0 Å². The summed E-state index contributed by atoms with van der Waals surface area (Å²) < 4.78 is 8.09. The zero-order valence-corrected chi connectivity index (χ0v) is 15.8. The molecule has 1 amide bonds. The van der Waals surface area contributed by atoms with Gasteiger partial charge in [-0.3, -0.25) is 9.48 Å². The second kappa shape index (κ2) is 8.48. The molecule has 0 atom stereocenters. The van der Waals surface area contributed by atoms with Crippen LogP contribution >= 0.6 is 0 Å². The van der Waals surface area contributed by atoms with Gasteiger partial charge in [-0.1, -0.05) is 30.3 Å². The highest BCUT2D eigenvalue weighted by Gasteiger charge is 2.11. The van der Waals surface area contributed by atoms with Crippen LogP contribution in [-0.2, 0) is 16.1 Å². The van der Waals surface area contributed by atoms with Crippen LogP contribution in [-0.4, -0.2) is 55.5 Å². The van der Waals surface area contributed by atoms with Gasteiger partial charge in [0, 0.05) is 31.5 Å². The van der Waals surface area contributed by atoms with Crippen LogP contribution in [0.25, 0.3) is 17.0 Å². The number of ether oxygens (including phenoxy) is 1. The molecule has 0 aliphatic heterocycles. The first-order valence-corrected chi connectivity index (χ1v) is 9.04. The smallest absolute Gasteiger partial charge is 0.254 e. The number of nitrogens with one attached hydrogen (secondary N) is 2. The van der Waals surface area contributed by atoms with Crippen LogP contribution in [0.5, 0.6) is 0 Å². The van der Waals surface area contributed by atoms with Gasteiger partial charge in [-0.05, 0) is 0 Å². The first-order valence-electron chi connectivity index (χ1n) is 9.04. The molecule has 148 valence electrons. The van der Waals surface area contributed by atoms with E-state index >= 15 is 0 Å². The molecule has 1 aromatic carbocycles. The average molecular weight is 392 g/mol. The summed E-state index contributed by atoms with van der Waals surface area (Å²) in [4.78, 5) is 20.7. The number of anilines is 2. The quantitative estimate of drug-likeness (QED) is 0.437. The summed E-state index contributed by atoms with van der Waals surface area (Å²) in [5, 5.41) is 14.5. The summed E-state index contributed by atoms with van der Waals surface area (Å²) in [6, 6.07) is 11.7. The van der Waals surface area contributed by atoms with Crippen LogP contribution in [0.1, 0.15) is 0 Å². The minimum Gasteiger partial charge on any atom is -0.383 e. The molecule has 3 aromatic heterocycles. The number of rotatable bonds is 8. The number of hydrogen-bond donors (Lipinski definition) is 2. The predicted octanol–water partition coefficient (Wildman–Crippen LogP) is 1.49. The molecule has 0 unspecified atom stereocenters. The summed E-state index contributed by atoms with van der Waals surface area (Å²) in [7, 11) is 1.59. The van der Waals surface area contributed by atoms with Gasteiger partial charge in [-0.15, -0.1) is 0 Å². The molecule has 0 aliphatic rings. The minimum atomic E-state index is -0.134. The van der Waals surface area contributed by atoms with Crippen molar-refractivity contribution >= 4 is 23.2 Å². The van der Waals surface area contributed by atoms with Crippen molar-refractivity contribution in [3.8, 4) is 11.3 Å². The second-order valence-corrected chi connectivity index (χ2v) is 6.26. The lowest BCUT2D eigenvalue weighted by atomic mass is 10.1. The molecule has 0 aliphatic carbocycles. The Morgan fingerprint density at radius 2 is 2.07 bits per heavy atom. The van der Waals surface area contributed by atoms with E-state index in [1.807, 2.05) is 36.4 Å². The minimum absolute atomic E-state index is 0.121. The van der Waals surface area contributed by atoms with E-state index in [1.54, 1.807) is 28.7 Å². The zero-order valence-electron chi connectivity index (χ0n) is 15.8. The summed E-state index contributed by atoms with van der Waals surface area (Å²) in [5.74, 6) is 1.04. The van der Waals surface area contributed by atoms with E-state index in [0.29, 0.717) is 24.7 Å². The molecule has 29 heavy (non-hydrogen) atoms. The first-order chi connectivity index (χ1) is 14.2. The van der Waals surface area contributed by atoms with Gasteiger partial charge in [-0.25, -0.2) is 4.98 Å². The Balaban J connectivity index is 1.53. The van der Waals surface area contributed by atoms with E-state index in [2.05, 4.69) is 30.8 Å². The van der Waals surface area contributed by atoms with E-state index in [1.165, 1.54) is 6.33 Å². The summed E-state index contributed by atoms with van der Waals surface area (Å²) in [6.07, 6.45) is 4.85. The second-order valence-electron chi connectivity index (χ2n) is 6.26. The Morgan fingerprint density at radius 1 is 1.21 bits per heavy atom. The molecule has 0 fully saturated rings. The highest BCUT2D eigenvalue weighted by atomic mass is 16.5. The van der Waals surface area contributed by atoms with Gasteiger partial charge in [0.25, 0.3) is 5.78 Å². The SMILES string of the molecule is COCCNC(=O)Cn1cc(Nc2cc(-c3ccccc3)nc3ncnn23)cn1. The van der Waals surface area contributed by atoms with Crippen molar-refractivity contribution in [2.45, 2.75) is 6.54 Å². The molecular weight excluding hydrogens is 372 g/mol. The third kappa shape index (κ3) is 4.38. The number of hydrogen-bond acceptors (Lipinski definition) is 7. The van der Waals surface area contributed by atoms with Crippen molar-refractivity contribution in [3.05, 3.63) is 55.1 Å². The highest BCUT2D eigenvalue weighted by Crippen LogP contribution is 2.23. The maximum absolute atomic E-state index is 11.9. The largest absolute Gasteiger partial charge is 0.383 e. The van der Waals surface area contributed by atoms with E-state index in [4.69, 9.17) is 4.74 Å². The monoisotopic (exact) mass is 392 g/mol. The van der Waals surface area contributed by atoms with Gasteiger partial charge in [-0.2, -0.15) is 19.7 Å². The van der Waals surface area contributed by atoms with E-state index in [9.17, 15) is 4.79 Å². The molecule has 0 saturated carbocycles. The lowest BCUT2D eigenvalue weighted by Gasteiger charge is -2.08. The Morgan fingerprint density at radius 3 is 2.90 bits per heavy atom. The number of nitrogens with zero attached hydrogens (tertiary/aromatic N) is 6. The zero-order chi connectivity index (χ0) is 20.1. The molecule has 0 spiro atoms. The van der Waals surface area contributed by atoms with Crippen LogP contribution < -0.4 is 10.6 Å². The number of carbonyl (C=O) groups excluding carboxylic acids is 1. The molecule has 2 N–H and O–H groups in total. The van der Waals surface area contributed by atoms with E-state index < -0.39 is 0 Å². The third-order valence-electron chi connectivity index (χ3n) is 4.16. The lowest BCUT2D eigenvalue weighted by Crippen LogP contribution is -2.30. The van der Waals surface area contributed by atoms with Gasteiger partial charge in [0.1, 0.15) is 18.7 Å². The molecule has 10 heteroatoms. The molecule has 4 rings (SSSR count). The summed E-state index contributed by atoms with van der Waals surface area (Å²) >= 11 is 0. The predicted molar refractivity (Wildman–Crippen MR) is 107 cm³/mol. The molecule has 0 saturated heterocycles. The van der Waals surface area contributed by atoms with E-state index in [0.717, 1.165) is 16.9 Å². The first kappa shape index (κ1) is 18.6. The number of carbonyl (C=O) groups is 1. The fourth-order valence-electron chi connectivity index (χ4n) is 2.82. The molecule has 0 radical (unpaired) electrons. The lowest BCUT2D eigenvalue weighted by molar-refractivity contribution is -0.122. The van der Waals surface area contributed by atoms with Crippen molar-refractivity contribution in [1.82, 2.24) is 34.7 Å². The normalized spacial score (nSPS) is 10.9. The van der Waals surface area contributed by atoms with Gasteiger partial charge in [0.2, 0.25) is 5.91 Å². The molecule has 0 bridgehead atoms. The molecule has 3 heterocycles. The van der Waals surface area contributed by atoms with Crippen molar-refractivity contribution in [3.63, 3.8) is 0 Å². The Kier molecular flexibility index (Phi) is 5.43. The van der Waals surface area contributed by atoms with Crippen molar-refractivity contribution in [2.75, 3.05) is 25.6 Å². The Bertz CT molecular complexity index is 1110.